The van der Waals surface area contributed by atoms with Gasteiger partial charge in [0.05, 0.1) is 32.7 Å². The molecule has 1 saturated heterocycles. The van der Waals surface area contributed by atoms with Gasteiger partial charge in [-0.05, 0) is 30.0 Å². The number of aryl methyl sites for hydroxylation is 1. The molecule has 1 fully saturated rings. The first-order valence-electron chi connectivity index (χ1n) is 8.15. The van der Waals surface area contributed by atoms with Crippen LogP contribution in [-0.2, 0) is 30.2 Å². The number of benzene rings is 1. The lowest BCUT2D eigenvalue weighted by Crippen LogP contribution is -2.34. The highest BCUT2D eigenvalue weighted by molar-refractivity contribution is 5.81. The number of nitrogens with two attached hydrogens (primary N) is 1. The van der Waals surface area contributed by atoms with Crippen molar-refractivity contribution in [1.29, 1.82) is 0 Å². The second-order valence-electron chi connectivity index (χ2n) is 5.69. The smallest absolute Gasteiger partial charge is 0.337 e. The summed E-state index contributed by atoms with van der Waals surface area (Å²) < 4.78 is 20.5. The van der Waals surface area contributed by atoms with E-state index in [0.717, 1.165) is 36.6 Å². The fourth-order valence-electron chi connectivity index (χ4n) is 2.47. The van der Waals surface area contributed by atoms with Crippen molar-refractivity contribution in [2.24, 2.45) is 0 Å². The van der Waals surface area contributed by atoms with E-state index >= 15 is 0 Å². The molecule has 1 aromatic rings. The number of unbranched alkanes of at least 4 members (excludes halogenated alkanes) is 1. The Morgan fingerprint density at radius 1 is 1.38 bits per heavy atom. The van der Waals surface area contributed by atoms with Gasteiger partial charge in [0, 0.05) is 11.6 Å². The Morgan fingerprint density at radius 2 is 2.12 bits per heavy atom. The van der Waals surface area contributed by atoms with Crippen LogP contribution in [-0.4, -0.2) is 32.8 Å². The van der Waals surface area contributed by atoms with Crippen LogP contribution in [0, 0.1) is 0 Å². The zero-order valence-electron chi connectivity index (χ0n) is 14.2. The standard InChI is InChI=1S/C18H25NO5/c1-3-4-5-13-6-7-14(10-16(13)19)15-11-22-18(23-12-15)24-17(20)8-9-21-2/h6-10,15,18H,3-5,11-12,19H2,1-2H3/b9-8+. The molecule has 1 aromatic carbocycles. The fourth-order valence-corrected chi connectivity index (χ4v) is 2.47. The number of methoxy groups -OCH3 is 1. The zero-order chi connectivity index (χ0) is 17.4. The Bertz CT molecular complexity index is 565. The van der Waals surface area contributed by atoms with Gasteiger partial charge in [0.2, 0.25) is 0 Å². The molecule has 0 aromatic heterocycles. The number of esters is 1. The highest BCUT2D eigenvalue weighted by Gasteiger charge is 2.26. The van der Waals surface area contributed by atoms with Crippen LogP contribution in [0.3, 0.4) is 0 Å². The summed E-state index contributed by atoms with van der Waals surface area (Å²) in [5.74, 6) is -0.512. The van der Waals surface area contributed by atoms with Crippen LogP contribution in [0.1, 0.15) is 36.8 Å². The van der Waals surface area contributed by atoms with Gasteiger partial charge in [-0.3, -0.25) is 0 Å². The van der Waals surface area contributed by atoms with Gasteiger partial charge < -0.3 is 24.7 Å². The molecule has 1 aliphatic heterocycles. The van der Waals surface area contributed by atoms with E-state index in [-0.39, 0.29) is 5.92 Å². The van der Waals surface area contributed by atoms with Gasteiger partial charge in [-0.1, -0.05) is 25.5 Å². The first-order valence-corrected chi connectivity index (χ1v) is 8.15. The number of nitrogen functional groups attached to an aromatic ring is 1. The maximum atomic E-state index is 11.4. The molecule has 1 heterocycles. The second-order valence-corrected chi connectivity index (χ2v) is 5.69. The Hall–Kier alpha value is -2.05. The topological polar surface area (TPSA) is 80.0 Å². The minimum absolute atomic E-state index is 0.0667. The van der Waals surface area contributed by atoms with E-state index in [1.165, 1.54) is 18.9 Å². The molecular formula is C18H25NO5. The number of hydrogen-bond acceptors (Lipinski definition) is 6. The number of carbonyl (C=O) groups is 1. The summed E-state index contributed by atoms with van der Waals surface area (Å²) in [4.78, 5) is 11.4. The third-order valence-corrected chi connectivity index (χ3v) is 3.86. The lowest BCUT2D eigenvalue weighted by atomic mass is 9.96. The van der Waals surface area contributed by atoms with Gasteiger partial charge in [0.1, 0.15) is 0 Å². The van der Waals surface area contributed by atoms with Crippen molar-refractivity contribution in [3.8, 4) is 0 Å². The molecule has 0 aliphatic carbocycles. The maximum Gasteiger partial charge on any atom is 0.337 e. The zero-order valence-corrected chi connectivity index (χ0v) is 14.2. The van der Waals surface area contributed by atoms with Gasteiger partial charge in [-0.2, -0.15) is 0 Å². The lowest BCUT2D eigenvalue weighted by molar-refractivity contribution is -0.299. The van der Waals surface area contributed by atoms with E-state index in [0.29, 0.717) is 13.2 Å². The fraction of sp³-hybridized carbons (Fsp3) is 0.500. The van der Waals surface area contributed by atoms with E-state index in [2.05, 4.69) is 23.8 Å². The van der Waals surface area contributed by atoms with Crippen molar-refractivity contribution in [2.45, 2.75) is 38.6 Å². The van der Waals surface area contributed by atoms with E-state index in [1.54, 1.807) is 0 Å². The molecule has 6 nitrogen and oxygen atoms in total. The second kappa shape index (κ2) is 9.30. The van der Waals surface area contributed by atoms with E-state index in [1.807, 2.05) is 6.07 Å². The predicted molar refractivity (Wildman–Crippen MR) is 90.1 cm³/mol. The van der Waals surface area contributed by atoms with Crippen molar-refractivity contribution in [3.05, 3.63) is 41.7 Å². The van der Waals surface area contributed by atoms with Crippen molar-refractivity contribution >= 4 is 11.7 Å². The summed E-state index contributed by atoms with van der Waals surface area (Å²) >= 11 is 0. The highest BCUT2D eigenvalue weighted by Crippen LogP contribution is 2.26. The minimum atomic E-state index is -0.989. The molecule has 132 valence electrons. The third kappa shape index (κ3) is 5.25. The van der Waals surface area contributed by atoms with Crippen LogP contribution >= 0.6 is 0 Å². The molecule has 0 saturated carbocycles. The summed E-state index contributed by atoms with van der Waals surface area (Å²) in [6.07, 6.45) is 5.66. The molecular weight excluding hydrogens is 310 g/mol. The number of rotatable bonds is 7. The van der Waals surface area contributed by atoms with Crippen LogP contribution in [0.4, 0.5) is 5.69 Å². The summed E-state index contributed by atoms with van der Waals surface area (Å²) in [6, 6.07) is 6.12. The SMILES string of the molecule is CCCCc1ccc(C2COC(OC(=O)/C=C/OC)OC2)cc1N. The summed E-state index contributed by atoms with van der Waals surface area (Å²) in [6.45, 7) is 1.98. The summed E-state index contributed by atoms with van der Waals surface area (Å²) in [5, 5.41) is 0. The predicted octanol–water partition coefficient (Wildman–Crippen LogP) is 2.73. The van der Waals surface area contributed by atoms with Gasteiger partial charge in [-0.15, -0.1) is 0 Å². The Balaban J connectivity index is 1.86. The summed E-state index contributed by atoms with van der Waals surface area (Å²) in [5.41, 5.74) is 9.19. The number of hydrogen-bond donors (Lipinski definition) is 1. The van der Waals surface area contributed by atoms with Crippen molar-refractivity contribution in [3.63, 3.8) is 0 Å². The highest BCUT2D eigenvalue weighted by atomic mass is 16.9. The van der Waals surface area contributed by atoms with Crippen LogP contribution in [0.25, 0.3) is 0 Å². The van der Waals surface area contributed by atoms with Gasteiger partial charge in [-0.25, -0.2) is 4.79 Å². The van der Waals surface area contributed by atoms with Gasteiger partial charge in [0.15, 0.2) is 0 Å². The summed E-state index contributed by atoms with van der Waals surface area (Å²) in [7, 11) is 1.45. The Labute approximate surface area is 142 Å². The molecule has 6 heteroatoms. The van der Waals surface area contributed by atoms with Gasteiger partial charge >= 0.3 is 12.4 Å². The first kappa shape index (κ1) is 18.3. The molecule has 0 bridgehead atoms. The van der Waals surface area contributed by atoms with E-state index in [4.69, 9.17) is 19.9 Å². The molecule has 0 atom stereocenters. The largest absolute Gasteiger partial charge is 0.504 e. The monoisotopic (exact) mass is 335 g/mol. The molecule has 0 amide bonds. The average molecular weight is 335 g/mol. The van der Waals surface area contributed by atoms with Crippen LogP contribution in [0.15, 0.2) is 30.5 Å². The van der Waals surface area contributed by atoms with Crippen LogP contribution in [0.2, 0.25) is 0 Å². The van der Waals surface area contributed by atoms with Crippen molar-refractivity contribution in [2.75, 3.05) is 26.1 Å². The van der Waals surface area contributed by atoms with E-state index < -0.39 is 12.4 Å². The molecule has 2 N–H and O–H groups in total. The quantitative estimate of drug-likeness (QED) is 0.357. The normalized spacial score (nSPS) is 20.9. The average Bonchev–Trinajstić information content (AvgIpc) is 2.59. The maximum absolute atomic E-state index is 11.4. The molecule has 0 unspecified atom stereocenters. The lowest BCUT2D eigenvalue weighted by Gasteiger charge is -2.28. The third-order valence-electron chi connectivity index (χ3n) is 3.86. The molecule has 2 rings (SSSR count). The minimum Gasteiger partial charge on any atom is -0.504 e. The molecule has 1 aliphatic rings. The number of carbonyl (C=O) groups excluding carboxylic acids is 1. The van der Waals surface area contributed by atoms with Crippen molar-refractivity contribution < 1.29 is 23.7 Å². The van der Waals surface area contributed by atoms with Crippen LogP contribution < -0.4 is 5.73 Å². The molecule has 0 spiro atoms. The Morgan fingerprint density at radius 3 is 2.75 bits per heavy atom. The van der Waals surface area contributed by atoms with Gasteiger partial charge in [0.25, 0.3) is 0 Å². The van der Waals surface area contributed by atoms with Crippen LogP contribution in [0.5, 0.6) is 0 Å². The number of anilines is 1. The number of ether oxygens (including phenoxy) is 4. The first-order chi connectivity index (χ1) is 11.6. The molecule has 24 heavy (non-hydrogen) atoms. The van der Waals surface area contributed by atoms with E-state index in [9.17, 15) is 4.79 Å². The van der Waals surface area contributed by atoms with Crippen molar-refractivity contribution in [1.82, 2.24) is 0 Å². The Kier molecular flexibility index (Phi) is 7.08. The molecule has 0 radical (unpaired) electrons.